The van der Waals surface area contributed by atoms with Crippen LogP contribution in [0.5, 0.6) is 0 Å². The molecule has 1 saturated carbocycles. The summed E-state index contributed by atoms with van der Waals surface area (Å²) in [6.07, 6.45) is 3.39. The maximum atomic E-state index is 14.2. The summed E-state index contributed by atoms with van der Waals surface area (Å²) in [4.78, 5) is 18.3. The largest absolute Gasteiger partial charge is 0.416 e. The lowest BCUT2D eigenvalue weighted by Gasteiger charge is -2.44. The topological polar surface area (TPSA) is 99.7 Å². The molecule has 218 valence electrons. The van der Waals surface area contributed by atoms with E-state index in [1.54, 1.807) is 30.1 Å². The molecule has 1 fully saturated rings. The Balaban J connectivity index is 1.42. The van der Waals surface area contributed by atoms with Crippen LogP contribution < -0.4 is 0 Å². The van der Waals surface area contributed by atoms with Crippen LogP contribution in [0.25, 0.3) is 11.8 Å². The average Bonchev–Trinajstić information content (AvgIpc) is 3.57. The molecule has 0 spiro atoms. The Hall–Kier alpha value is -4.13. The van der Waals surface area contributed by atoms with Crippen molar-refractivity contribution >= 4 is 21.7 Å². The van der Waals surface area contributed by atoms with Crippen LogP contribution in [0.15, 0.2) is 71.7 Å². The molecule has 0 bridgehead atoms. The minimum Gasteiger partial charge on any atom is -0.291 e. The predicted octanol–water partition coefficient (Wildman–Crippen LogP) is 5.24. The van der Waals surface area contributed by atoms with Crippen LogP contribution >= 0.6 is 0 Å². The summed E-state index contributed by atoms with van der Waals surface area (Å²) >= 11 is 0. The van der Waals surface area contributed by atoms with Gasteiger partial charge in [-0.2, -0.15) is 23.4 Å². The standard InChI is InChI=1S/C29H25F4N5O3S/c1-37-16-24(15-35-37)42(40,41)17-18-2-3-20-11-26-19(14-36-38(26)23-6-4-22(30)5-7-23)13-28(20,12-18)27(39)25-10-21(8-9-34-25)29(31,32)33/h4-11,14-16,18H,2-3,12-13,17H2,1H3/t18-,28+/m0/s1. The maximum absolute atomic E-state index is 14.2. The van der Waals surface area contributed by atoms with E-state index in [0.717, 1.165) is 18.3 Å². The molecule has 0 aliphatic heterocycles. The summed E-state index contributed by atoms with van der Waals surface area (Å²) in [5.41, 5.74) is -0.00973. The first kappa shape index (κ1) is 28.0. The number of halogens is 4. The van der Waals surface area contributed by atoms with Gasteiger partial charge in [0, 0.05) is 19.4 Å². The molecule has 0 N–H and O–H groups in total. The first-order valence-electron chi connectivity index (χ1n) is 13.2. The number of pyridine rings is 1. The van der Waals surface area contributed by atoms with Crippen molar-refractivity contribution in [2.45, 2.75) is 36.8 Å². The molecule has 6 rings (SSSR count). The summed E-state index contributed by atoms with van der Waals surface area (Å²) in [6.45, 7) is 0. The summed E-state index contributed by atoms with van der Waals surface area (Å²) in [6, 6.07) is 7.31. The van der Waals surface area contributed by atoms with Gasteiger partial charge in [0.25, 0.3) is 0 Å². The van der Waals surface area contributed by atoms with Gasteiger partial charge in [-0.3, -0.25) is 14.5 Å². The van der Waals surface area contributed by atoms with Crippen LogP contribution in [0.3, 0.4) is 0 Å². The van der Waals surface area contributed by atoms with E-state index < -0.39 is 44.5 Å². The Morgan fingerprint density at radius 1 is 1.12 bits per heavy atom. The number of Topliss-reactive ketones (excluding diaryl/α,β-unsaturated/α-hetero) is 1. The number of alkyl halides is 3. The monoisotopic (exact) mass is 599 g/mol. The van der Waals surface area contributed by atoms with Crippen molar-refractivity contribution in [3.05, 3.63) is 95.1 Å². The van der Waals surface area contributed by atoms with E-state index in [-0.39, 0.29) is 29.2 Å². The molecule has 2 atom stereocenters. The van der Waals surface area contributed by atoms with E-state index in [0.29, 0.717) is 35.4 Å². The molecule has 0 saturated heterocycles. The number of rotatable bonds is 6. The van der Waals surface area contributed by atoms with Crippen LogP contribution in [0.4, 0.5) is 17.6 Å². The van der Waals surface area contributed by atoms with Crippen molar-refractivity contribution in [1.29, 1.82) is 0 Å². The fourth-order valence-corrected chi connectivity index (χ4v) is 7.70. The fraction of sp³-hybridized carbons (Fsp3) is 0.310. The van der Waals surface area contributed by atoms with Gasteiger partial charge in [-0.15, -0.1) is 0 Å². The van der Waals surface area contributed by atoms with Gasteiger partial charge in [-0.1, -0.05) is 5.57 Å². The molecule has 42 heavy (non-hydrogen) atoms. The number of aromatic nitrogens is 5. The first-order chi connectivity index (χ1) is 19.9. The van der Waals surface area contributed by atoms with Gasteiger partial charge >= 0.3 is 6.18 Å². The lowest BCUT2D eigenvalue weighted by atomic mass is 9.59. The highest BCUT2D eigenvalue weighted by atomic mass is 32.2. The lowest BCUT2D eigenvalue weighted by molar-refractivity contribution is -0.137. The third-order valence-corrected chi connectivity index (χ3v) is 9.92. The third-order valence-electron chi connectivity index (χ3n) is 8.08. The van der Waals surface area contributed by atoms with Gasteiger partial charge in [0.2, 0.25) is 0 Å². The average molecular weight is 600 g/mol. The normalized spacial score (nSPS) is 20.5. The highest BCUT2D eigenvalue weighted by Gasteiger charge is 2.50. The second-order valence-electron chi connectivity index (χ2n) is 10.9. The van der Waals surface area contributed by atoms with Crippen molar-refractivity contribution in [2.75, 3.05) is 5.75 Å². The van der Waals surface area contributed by atoms with Crippen molar-refractivity contribution in [3.8, 4) is 5.69 Å². The summed E-state index contributed by atoms with van der Waals surface area (Å²) < 4.78 is 83.6. The summed E-state index contributed by atoms with van der Waals surface area (Å²) in [7, 11) is -2.13. The second kappa shape index (κ2) is 10.0. The minimum atomic E-state index is -4.67. The van der Waals surface area contributed by atoms with Crippen molar-refractivity contribution in [1.82, 2.24) is 24.5 Å². The SMILES string of the molecule is Cn1cc(S(=O)(=O)C[C@H]2CCC3=Cc4c(cnn4-c4ccc(F)cc4)C[C@]3(C(=O)c3cc(C(F)(F)F)ccn3)C2)cn1. The van der Waals surface area contributed by atoms with Crippen molar-refractivity contribution in [3.63, 3.8) is 0 Å². The van der Waals surface area contributed by atoms with Gasteiger partial charge in [-0.25, -0.2) is 17.5 Å². The van der Waals surface area contributed by atoms with E-state index in [1.165, 1.54) is 29.2 Å². The number of hydrogen-bond acceptors (Lipinski definition) is 6. The number of fused-ring (bicyclic) bond motifs is 2. The molecule has 0 radical (unpaired) electrons. The molecule has 8 nitrogen and oxygen atoms in total. The highest BCUT2D eigenvalue weighted by Crippen LogP contribution is 2.52. The molecule has 2 aliphatic carbocycles. The molecule has 3 heterocycles. The van der Waals surface area contributed by atoms with Gasteiger partial charge in [-0.05, 0) is 79.6 Å². The fourth-order valence-electron chi connectivity index (χ4n) is 6.08. The smallest absolute Gasteiger partial charge is 0.291 e. The van der Waals surface area contributed by atoms with Crippen molar-refractivity contribution < 1.29 is 30.8 Å². The van der Waals surface area contributed by atoms with Gasteiger partial charge in [0.05, 0.1) is 40.5 Å². The van der Waals surface area contributed by atoms with Crippen LogP contribution in [0, 0.1) is 17.2 Å². The summed E-state index contributed by atoms with van der Waals surface area (Å²) in [5, 5.41) is 8.41. The molecular formula is C29H25F4N5O3S. The molecule has 0 unspecified atom stereocenters. The van der Waals surface area contributed by atoms with Crippen LogP contribution in [0.2, 0.25) is 0 Å². The molecule has 2 aliphatic rings. The van der Waals surface area contributed by atoms with Crippen LogP contribution in [0.1, 0.15) is 46.6 Å². The molecule has 3 aromatic heterocycles. The van der Waals surface area contributed by atoms with Crippen LogP contribution in [-0.2, 0) is 29.5 Å². The Kier molecular flexibility index (Phi) is 6.67. The van der Waals surface area contributed by atoms with E-state index in [1.807, 2.05) is 6.08 Å². The molecule has 1 aromatic carbocycles. The summed E-state index contributed by atoms with van der Waals surface area (Å²) in [5.74, 6) is -1.69. The first-order valence-corrected chi connectivity index (χ1v) is 14.8. The van der Waals surface area contributed by atoms with Gasteiger partial charge in [0.1, 0.15) is 16.4 Å². The number of allylic oxidation sites excluding steroid dienone is 1. The molecular weight excluding hydrogens is 574 g/mol. The zero-order chi connectivity index (χ0) is 29.9. The number of nitrogens with zero attached hydrogens (tertiary/aromatic N) is 5. The Labute approximate surface area is 238 Å². The second-order valence-corrected chi connectivity index (χ2v) is 12.9. The zero-order valence-electron chi connectivity index (χ0n) is 22.3. The van der Waals surface area contributed by atoms with Gasteiger partial charge in [0.15, 0.2) is 15.6 Å². The van der Waals surface area contributed by atoms with E-state index in [2.05, 4.69) is 15.2 Å². The van der Waals surface area contributed by atoms with E-state index in [9.17, 15) is 30.8 Å². The van der Waals surface area contributed by atoms with E-state index in [4.69, 9.17) is 0 Å². The number of aryl methyl sites for hydroxylation is 1. The quantitative estimate of drug-likeness (QED) is 0.222. The number of carbonyl (C=O) groups is 1. The molecule has 0 amide bonds. The highest BCUT2D eigenvalue weighted by molar-refractivity contribution is 7.91. The van der Waals surface area contributed by atoms with Gasteiger partial charge < -0.3 is 0 Å². The lowest BCUT2D eigenvalue weighted by Crippen LogP contribution is -2.43. The number of carbonyl (C=O) groups excluding carboxylic acids is 1. The Morgan fingerprint density at radius 2 is 1.88 bits per heavy atom. The number of sulfone groups is 1. The van der Waals surface area contributed by atoms with Crippen LogP contribution in [-0.4, -0.2) is 44.5 Å². The predicted molar refractivity (Wildman–Crippen MR) is 144 cm³/mol. The third kappa shape index (κ3) is 4.95. The maximum Gasteiger partial charge on any atom is 0.416 e. The Morgan fingerprint density at radius 3 is 2.57 bits per heavy atom. The molecule has 13 heteroatoms. The zero-order valence-corrected chi connectivity index (χ0v) is 23.2. The van der Waals surface area contributed by atoms with Crippen molar-refractivity contribution in [2.24, 2.45) is 18.4 Å². The number of benzene rings is 1. The molecule has 4 aromatic rings. The minimum absolute atomic E-state index is 0.0674. The number of ketones is 1. The Bertz CT molecular complexity index is 1830. The van der Waals surface area contributed by atoms with E-state index >= 15 is 0 Å². The number of hydrogen-bond donors (Lipinski definition) is 0.